The smallest absolute Gasteiger partial charge is 0.257 e. The maximum Gasteiger partial charge on any atom is 0.257 e. The predicted molar refractivity (Wildman–Crippen MR) is 103 cm³/mol. The lowest BCUT2D eigenvalue weighted by atomic mass is 10.1. The fourth-order valence-corrected chi connectivity index (χ4v) is 2.66. The molecule has 0 bridgehead atoms. The molecule has 0 atom stereocenters. The average Bonchev–Trinajstić information content (AvgIpc) is 2.65. The van der Waals surface area contributed by atoms with Crippen LogP contribution in [0.2, 0.25) is 0 Å². The van der Waals surface area contributed by atoms with Gasteiger partial charge in [-0.1, -0.05) is 36.4 Å². The molecule has 26 heavy (non-hydrogen) atoms. The third-order valence-corrected chi connectivity index (χ3v) is 3.88. The molecule has 130 valence electrons. The SMILES string of the molecule is Cc1cc(C(=O)Nc2ccccc2)c(NC(=O)c2ccccc2)c(C)n1. The first-order valence-electron chi connectivity index (χ1n) is 8.25. The van der Waals surface area contributed by atoms with Crippen LogP contribution < -0.4 is 10.6 Å². The highest BCUT2D eigenvalue weighted by atomic mass is 16.2. The Bertz CT molecular complexity index is 938. The van der Waals surface area contributed by atoms with E-state index in [4.69, 9.17) is 0 Å². The number of anilines is 2. The molecule has 5 heteroatoms. The molecule has 3 aromatic rings. The summed E-state index contributed by atoms with van der Waals surface area (Å²) in [5.41, 5.74) is 3.29. The fraction of sp³-hybridized carbons (Fsp3) is 0.0952. The molecule has 0 radical (unpaired) electrons. The van der Waals surface area contributed by atoms with E-state index in [0.29, 0.717) is 33.9 Å². The lowest BCUT2D eigenvalue weighted by Crippen LogP contribution is -2.20. The number of carbonyl (C=O) groups excluding carboxylic acids is 2. The molecule has 1 heterocycles. The van der Waals surface area contributed by atoms with E-state index in [-0.39, 0.29) is 11.8 Å². The Balaban J connectivity index is 1.92. The van der Waals surface area contributed by atoms with E-state index < -0.39 is 0 Å². The number of para-hydroxylation sites is 1. The summed E-state index contributed by atoms with van der Waals surface area (Å²) in [6, 6.07) is 19.7. The number of nitrogens with one attached hydrogen (secondary N) is 2. The van der Waals surface area contributed by atoms with Gasteiger partial charge in [0, 0.05) is 16.9 Å². The molecule has 5 nitrogen and oxygen atoms in total. The van der Waals surface area contributed by atoms with Gasteiger partial charge in [-0.05, 0) is 44.2 Å². The van der Waals surface area contributed by atoms with Gasteiger partial charge >= 0.3 is 0 Å². The van der Waals surface area contributed by atoms with Crippen LogP contribution in [0.25, 0.3) is 0 Å². The van der Waals surface area contributed by atoms with E-state index in [9.17, 15) is 9.59 Å². The number of hydrogen-bond donors (Lipinski definition) is 2. The van der Waals surface area contributed by atoms with Gasteiger partial charge in [-0.3, -0.25) is 14.6 Å². The van der Waals surface area contributed by atoms with Gasteiger partial charge in [-0.25, -0.2) is 0 Å². The zero-order valence-corrected chi connectivity index (χ0v) is 14.6. The van der Waals surface area contributed by atoms with Gasteiger partial charge in [-0.2, -0.15) is 0 Å². The minimum absolute atomic E-state index is 0.284. The summed E-state index contributed by atoms with van der Waals surface area (Å²) in [5.74, 6) is -0.582. The van der Waals surface area contributed by atoms with Crippen molar-refractivity contribution < 1.29 is 9.59 Å². The van der Waals surface area contributed by atoms with Gasteiger partial charge < -0.3 is 10.6 Å². The van der Waals surface area contributed by atoms with Gasteiger partial charge in [0.1, 0.15) is 0 Å². The topological polar surface area (TPSA) is 71.1 Å². The van der Waals surface area contributed by atoms with E-state index in [0.717, 1.165) is 0 Å². The minimum atomic E-state index is -0.298. The molecule has 0 fully saturated rings. The third kappa shape index (κ3) is 3.95. The third-order valence-electron chi connectivity index (χ3n) is 3.88. The molecular weight excluding hydrogens is 326 g/mol. The quantitative estimate of drug-likeness (QED) is 0.744. The van der Waals surface area contributed by atoms with Crippen molar-refractivity contribution in [3.63, 3.8) is 0 Å². The molecule has 0 aliphatic carbocycles. The normalized spacial score (nSPS) is 10.2. The van der Waals surface area contributed by atoms with Crippen LogP contribution in [0.5, 0.6) is 0 Å². The molecule has 2 aromatic carbocycles. The van der Waals surface area contributed by atoms with E-state index in [2.05, 4.69) is 15.6 Å². The van der Waals surface area contributed by atoms with Gasteiger partial charge in [0.15, 0.2) is 0 Å². The summed E-state index contributed by atoms with van der Waals surface area (Å²) in [7, 11) is 0. The number of amides is 2. The summed E-state index contributed by atoms with van der Waals surface area (Å²) < 4.78 is 0. The van der Waals surface area contributed by atoms with Crippen LogP contribution >= 0.6 is 0 Å². The maximum absolute atomic E-state index is 12.8. The second-order valence-electron chi connectivity index (χ2n) is 5.91. The number of nitrogens with zero attached hydrogens (tertiary/aromatic N) is 1. The number of benzene rings is 2. The van der Waals surface area contributed by atoms with Crippen molar-refractivity contribution in [2.75, 3.05) is 10.6 Å². The molecule has 0 unspecified atom stereocenters. The second-order valence-corrected chi connectivity index (χ2v) is 5.91. The van der Waals surface area contributed by atoms with Gasteiger partial charge in [0.05, 0.1) is 16.9 Å². The highest BCUT2D eigenvalue weighted by Gasteiger charge is 2.18. The van der Waals surface area contributed by atoms with Crippen LogP contribution in [0.4, 0.5) is 11.4 Å². The fourth-order valence-electron chi connectivity index (χ4n) is 2.66. The summed E-state index contributed by atoms with van der Waals surface area (Å²) >= 11 is 0. The lowest BCUT2D eigenvalue weighted by Gasteiger charge is -2.14. The summed E-state index contributed by atoms with van der Waals surface area (Å²) in [4.78, 5) is 29.7. The monoisotopic (exact) mass is 345 g/mol. The molecule has 0 spiro atoms. The van der Waals surface area contributed by atoms with E-state index in [1.165, 1.54) is 0 Å². The highest BCUT2D eigenvalue weighted by molar-refractivity contribution is 6.13. The zero-order valence-electron chi connectivity index (χ0n) is 14.6. The number of rotatable bonds is 4. The number of hydrogen-bond acceptors (Lipinski definition) is 3. The molecule has 0 aliphatic heterocycles. The van der Waals surface area contributed by atoms with Crippen molar-refractivity contribution in [2.45, 2.75) is 13.8 Å². The van der Waals surface area contributed by atoms with E-state index >= 15 is 0 Å². The zero-order chi connectivity index (χ0) is 18.5. The van der Waals surface area contributed by atoms with Gasteiger partial charge in [-0.15, -0.1) is 0 Å². The number of carbonyl (C=O) groups is 2. The average molecular weight is 345 g/mol. The first kappa shape index (κ1) is 17.4. The first-order chi connectivity index (χ1) is 12.5. The Kier molecular flexibility index (Phi) is 5.08. The second kappa shape index (κ2) is 7.61. The standard InChI is InChI=1S/C21H19N3O2/c1-14-13-18(21(26)23-17-11-7-4-8-12-17)19(15(2)22-14)24-20(25)16-9-5-3-6-10-16/h3-13H,1-2H3,(H,23,26)(H,24,25). The van der Waals surface area contributed by atoms with Crippen molar-refractivity contribution in [3.8, 4) is 0 Å². The molecule has 0 aliphatic rings. The van der Waals surface area contributed by atoms with Crippen molar-refractivity contribution >= 4 is 23.2 Å². The predicted octanol–water partition coefficient (Wildman–Crippen LogP) is 4.20. The van der Waals surface area contributed by atoms with Crippen molar-refractivity contribution in [1.29, 1.82) is 0 Å². The van der Waals surface area contributed by atoms with E-state index in [1.807, 2.05) is 31.2 Å². The lowest BCUT2D eigenvalue weighted by molar-refractivity contribution is 0.102. The molecule has 2 N–H and O–H groups in total. The molecule has 0 saturated heterocycles. The van der Waals surface area contributed by atoms with Crippen LogP contribution in [0, 0.1) is 13.8 Å². The molecular formula is C21H19N3O2. The van der Waals surface area contributed by atoms with Crippen LogP contribution in [-0.2, 0) is 0 Å². The Morgan fingerprint density at radius 3 is 2.08 bits per heavy atom. The molecule has 1 aromatic heterocycles. The summed E-state index contributed by atoms with van der Waals surface area (Å²) in [5, 5.41) is 5.67. The van der Waals surface area contributed by atoms with E-state index in [1.54, 1.807) is 49.4 Å². The van der Waals surface area contributed by atoms with Crippen molar-refractivity contribution in [3.05, 3.63) is 89.2 Å². The van der Waals surface area contributed by atoms with Gasteiger partial charge in [0.2, 0.25) is 0 Å². The Morgan fingerprint density at radius 1 is 0.808 bits per heavy atom. The van der Waals surface area contributed by atoms with Gasteiger partial charge in [0.25, 0.3) is 11.8 Å². The largest absolute Gasteiger partial charge is 0.322 e. The summed E-state index contributed by atoms with van der Waals surface area (Å²) in [6.45, 7) is 3.59. The van der Waals surface area contributed by atoms with Crippen molar-refractivity contribution in [2.24, 2.45) is 0 Å². The van der Waals surface area contributed by atoms with Crippen LogP contribution in [0.15, 0.2) is 66.7 Å². The van der Waals surface area contributed by atoms with Crippen LogP contribution in [0.3, 0.4) is 0 Å². The van der Waals surface area contributed by atoms with Crippen LogP contribution in [-0.4, -0.2) is 16.8 Å². The Morgan fingerprint density at radius 2 is 1.42 bits per heavy atom. The molecule has 0 saturated carbocycles. The maximum atomic E-state index is 12.8. The number of pyridine rings is 1. The number of aromatic nitrogens is 1. The number of aryl methyl sites for hydroxylation is 2. The minimum Gasteiger partial charge on any atom is -0.322 e. The van der Waals surface area contributed by atoms with Crippen LogP contribution in [0.1, 0.15) is 32.1 Å². The first-order valence-corrected chi connectivity index (χ1v) is 8.25. The van der Waals surface area contributed by atoms with Crippen molar-refractivity contribution in [1.82, 2.24) is 4.98 Å². The Labute approximate surface area is 152 Å². The summed E-state index contributed by atoms with van der Waals surface area (Å²) in [6.07, 6.45) is 0. The highest BCUT2D eigenvalue weighted by Crippen LogP contribution is 2.22. The molecule has 3 rings (SSSR count). The Hall–Kier alpha value is -3.47. The molecule has 2 amide bonds.